The predicted molar refractivity (Wildman–Crippen MR) is 158 cm³/mol. The molecule has 0 fully saturated rings. The standard InChI is InChI=1S/C31H39ClN4O3/c32-26-14-12-24(13-15-26)22-29(36-31(33)34)30(37)35-20-8-3-1-2-4-9-21-38-27-16-18-28(19-17-27)39-23-25-10-6-5-7-11-25/h5-7,10-19,29H,1-4,8-9,20-23H2,(H,35,37)(H4,33,34,36). The molecule has 1 amide bonds. The van der Waals surface area contributed by atoms with E-state index in [1.807, 2.05) is 66.7 Å². The number of carbonyl (C=O) groups is 1. The SMILES string of the molecule is NC(N)=NC(Cc1ccc(Cl)cc1)C(=O)NCCCCCCCCOc1ccc(OCc2ccccc2)cc1. The highest BCUT2D eigenvalue weighted by atomic mass is 35.5. The van der Waals surface area contributed by atoms with Crippen molar-refractivity contribution in [1.82, 2.24) is 5.32 Å². The van der Waals surface area contributed by atoms with Crippen molar-refractivity contribution in [3.8, 4) is 11.5 Å². The van der Waals surface area contributed by atoms with Crippen molar-refractivity contribution in [2.45, 2.75) is 57.6 Å². The van der Waals surface area contributed by atoms with E-state index in [0.29, 0.717) is 31.2 Å². The molecular formula is C31H39ClN4O3. The summed E-state index contributed by atoms with van der Waals surface area (Å²) in [6.07, 6.45) is 6.75. The van der Waals surface area contributed by atoms with E-state index in [1.165, 1.54) is 0 Å². The number of nitrogens with one attached hydrogen (secondary N) is 1. The third-order valence-corrected chi connectivity index (χ3v) is 6.41. The Morgan fingerprint density at radius 2 is 1.38 bits per heavy atom. The lowest BCUT2D eigenvalue weighted by atomic mass is 10.1. The van der Waals surface area contributed by atoms with Crippen LogP contribution in [0.3, 0.4) is 0 Å². The fourth-order valence-corrected chi connectivity index (χ4v) is 4.17. The van der Waals surface area contributed by atoms with Crippen molar-refractivity contribution in [2.24, 2.45) is 16.5 Å². The van der Waals surface area contributed by atoms with Crippen LogP contribution in [0.2, 0.25) is 5.02 Å². The van der Waals surface area contributed by atoms with Crippen molar-refractivity contribution < 1.29 is 14.3 Å². The van der Waals surface area contributed by atoms with Gasteiger partial charge in [0.15, 0.2) is 5.96 Å². The largest absolute Gasteiger partial charge is 0.494 e. The number of hydrogen-bond donors (Lipinski definition) is 3. The van der Waals surface area contributed by atoms with Gasteiger partial charge in [0.2, 0.25) is 5.91 Å². The van der Waals surface area contributed by atoms with E-state index >= 15 is 0 Å². The summed E-state index contributed by atoms with van der Waals surface area (Å²) in [5.74, 6) is 1.41. The number of amides is 1. The molecule has 8 heteroatoms. The minimum atomic E-state index is -0.658. The molecule has 0 aliphatic heterocycles. The van der Waals surface area contributed by atoms with Crippen LogP contribution in [0, 0.1) is 0 Å². The summed E-state index contributed by atoms with van der Waals surface area (Å²) in [5, 5.41) is 3.60. The molecule has 0 saturated carbocycles. The number of benzene rings is 3. The number of hydrogen-bond acceptors (Lipinski definition) is 4. The van der Waals surface area contributed by atoms with Gasteiger partial charge in [0.1, 0.15) is 24.1 Å². The van der Waals surface area contributed by atoms with E-state index in [2.05, 4.69) is 10.3 Å². The average molecular weight is 551 g/mol. The molecule has 1 unspecified atom stereocenters. The third-order valence-electron chi connectivity index (χ3n) is 6.16. The molecule has 3 rings (SSSR count). The van der Waals surface area contributed by atoms with E-state index in [-0.39, 0.29) is 11.9 Å². The molecule has 1 atom stereocenters. The lowest BCUT2D eigenvalue weighted by Crippen LogP contribution is -2.38. The number of halogens is 1. The van der Waals surface area contributed by atoms with Crippen molar-refractivity contribution in [1.29, 1.82) is 0 Å². The molecule has 0 aliphatic rings. The Labute approximate surface area is 236 Å². The van der Waals surface area contributed by atoms with Crippen molar-refractivity contribution >= 4 is 23.5 Å². The molecule has 0 aliphatic carbocycles. The molecule has 7 nitrogen and oxygen atoms in total. The number of carbonyl (C=O) groups excluding carboxylic acids is 1. The summed E-state index contributed by atoms with van der Waals surface area (Å²) in [4.78, 5) is 16.7. The van der Waals surface area contributed by atoms with Crippen LogP contribution in [-0.2, 0) is 17.8 Å². The van der Waals surface area contributed by atoms with Crippen LogP contribution in [0.4, 0.5) is 0 Å². The van der Waals surface area contributed by atoms with E-state index in [0.717, 1.165) is 61.2 Å². The smallest absolute Gasteiger partial charge is 0.245 e. The molecular weight excluding hydrogens is 512 g/mol. The second-order valence-electron chi connectivity index (χ2n) is 9.41. The molecule has 0 radical (unpaired) electrons. The number of nitrogens with zero attached hydrogens (tertiary/aromatic N) is 1. The van der Waals surface area contributed by atoms with Crippen LogP contribution in [0.5, 0.6) is 11.5 Å². The van der Waals surface area contributed by atoms with Gasteiger partial charge in [0.05, 0.1) is 6.61 Å². The molecule has 39 heavy (non-hydrogen) atoms. The summed E-state index contributed by atoms with van der Waals surface area (Å²) < 4.78 is 11.7. The second kappa shape index (κ2) is 17.0. The molecule has 0 heterocycles. The zero-order valence-electron chi connectivity index (χ0n) is 22.4. The number of rotatable bonds is 17. The van der Waals surface area contributed by atoms with Crippen molar-refractivity contribution in [3.05, 3.63) is 95.0 Å². The molecule has 3 aromatic carbocycles. The lowest BCUT2D eigenvalue weighted by Gasteiger charge is -2.14. The first-order chi connectivity index (χ1) is 19.0. The number of ether oxygens (including phenoxy) is 2. The summed E-state index contributed by atoms with van der Waals surface area (Å²) >= 11 is 5.94. The molecule has 0 aromatic heterocycles. The van der Waals surface area contributed by atoms with Gasteiger partial charge in [0, 0.05) is 18.0 Å². The molecule has 5 N–H and O–H groups in total. The van der Waals surface area contributed by atoms with E-state index in [4.69, 9.17) is 32.5 Å². The fraction of sp³-hybridized carbons (Fsp3) is 0.355. The summed E-state index contributed by atoms with van der Waals surface area (Å²) in [5.41, 5.74) is 13.2. The Bertz CT molecular complexity index is 1130. The molecule has 0 saturated heterocycles. The first-order valence-corrected chi connectivity index (χ1v) is 13.9. The molecule has 208 valence electrons. The first kappa shape index (κ1) is 29.8. The van der Waals surface area contributed by atoms with E-state index < -0.39 is 6.04 Å². The van der Waals surface area contributed by atoms with E-state index in [1.54, 1.807) is 12.1 Å². The Kier molecular flexibility index (Phi) is 13.0. The zero-order valence-corrected chi connectivity index (χ0v) is 23.1. The van der Waals surface area contributed by atoms with Gasteiger partial charge in [-0.25, -0.2) is 4.99 Å². The van der Waals surface area contributed by atoms with Crippen LogP contribution in [0.15, 0.2) is 83.9 Å². The monoisotopic (exact) mass is 550 g/mol. The second-order valence-corrected chi connectivity index (χ2v) is 9.84. The summed E-state index contributed by atoms with van der Waals surface area (Å²) in [6, 6.07) is 24.5. The molecule has 0 bridgehead atoms. The van der Waals surface area contributed by atoms with Gasteiger partial charge in [0.25, 0.3) is 0 Å². The molecule has 3 aromatic rings. The third kappa shape index (κ3) is 12.1. The zero-order chi connectivity index (χ0) is 27.7. The Morgan fingerprint density at radius 3 is 2.05 bits per heavy atom. The van der Waals surface area contributed by atoms with Gasteiger partial charge in [-0.15, -0.1) is 0 Å². The van der Waals surface area contributed by atoms with Gasteiger partial charge >= 0.3 is 0 Å². The highest BCUT2D eigenvalue weighted by Crippen LogP contribution is 2.19. The highest BCUT2D eigenvalue weighted by molar-refractivity contribution is 6.30. The summed E-state index contributed by atoms with van der Waals surface area (Å²) in [6.45, 7) is 1.85. The minimum absolute atomic E-state index is 0.0991. The van der Waals surface area contributed by atoms with Gasteiger partial charge in [-0.2, -0.15) is 0 Å². The van der Waals surface area contributed by atoms with Crippen LogP contribution in [-0.4, -0.2) is 31.1 Å². The van der Waals surface area contributed by atoms with Crippen LogP contribution in [0.1, 0.15) is 49.7 Å². The molecule has 0 spiro atoms. The fourth-order valence-electron chi connectivity index (χ4n) is 4.05. The number of aliphatic imine (C=N–C) groups is 1. The topological polar surface area (TPSA) is 112 Å². The summed E-state index contributed by atoms with van der Waals surface area (Å²) in [7, 11) is 0. The number of nitrogens with two attached hydrogens (primary N) is 2. The lowest BCUT2D eigenvalue weighted by molar-refractivity contribution is -0.122. The van der Waals surface area contributed by atoms with E-state index in [9.17, 15) is 4.79 Å². The van der Waals surface area contributed by atoms with Crippen LogP contribution >= 0.6 is 11.6 Å². The van der Waals surface area contributed by atoms with Crippen molar-refractivity contribution in [3.63, 3.8) is 0 Å². The Morgan fingerprint density at radius 1 is 0.769 bits per heavy atom. The van der Waals surface area contributed by atoms with Crippen molar-refractivity contribution in [2.75, 3.05) is 13.2 Å². The Balaban J connectivity index is 1.21. The van der Waals surface area contributed by atoms with Gasteiger partial charge in [-0.1, -0.05) is 79.7 Å². The highest BCUT2D eigenvalue weighted by Gasteiger charge is 2.18. The van der Waals surface area contributed by atoms with Gasteiger partial charge < -0.3 is 26.3 Å². The van der Waals surface area contributed by atoms with Crippen LogP contribution in [0.25, 0.3) is 0 Å². The van der Waals surface area contributed by atoms with Gasteiger partial charge in [-0.3, -0.25) is 4.79 Å². The minimum Gasteiger partial charge on any atom is -0.494 e. The maximum Gasteiger partial charge on any atom is 0.245 e. The maximum atomic E-state index is 12.6. The Hall–Kier alpha value is -3.71. The normalized spacial score (nSPS) is 11.4. The average Bonchev–Trinajstić information content (AvgIpc) is 2.94. The van der Waals surface area contributed by atoms with Crippen LogP contribution < -0.4 is 26.3 Å². The van der Waals surface area contributed by atoms with Gasteiger partial charge in [-0.05, 0) is 60.4 Å². The quantitative estimate of drug-likeness (QED) is 0.114. The number of unbranched alkanes of at least 4 members (excludes halogenated alkanes) is 5. The number of guanidine groups is 1. The first-order valence-electron chi connectivity index (χ1n) is 13.5. The maximum absolute atomic E-state index is 12.6. The predicted octanol–water partition coefficient (Wildman–Crippen LogP) is 5.64.